The van der Waals surface area contributed by atoms with Crippen LogP contribution in [0.5, 0.6) is 0 Å². The van der Waals surface area contributed by atoms with Crippen LogP contribution in [-0.4, -0.2) is 22.0 Å². The monoisotopic (exact) mass is 171 g/mol. The summed E-state index contributed by atoms with van der Waals surface area (Å²) >= 11 is 9.56. The van der Waals surface area contributed by atoms with Gasteiger partial charge in [-0.25, -0.2) is 15.0 Å². The van der Waals surface area contributed by atoms with Crippen molar-refractivity contribution in [3.8, 4) is 0 Å². The van der Waals surface area contributed by atoms with Crippen molar-refractivity contribution in [1.29, 1.82) is 5.41 Å². The maximum Gasteiger partial charge on any atom is 0.337 e. The van der Waals surface area contributed by atoms with Gasteiger partial charge < -0.3 is 5.11 Å². The molecule has 0 radical (unpaired) electrons. The van der Waals surface area contributed by atoms with E-state index in [1.165, 1.54) is 0 Å². The molecule has 52 valence electrons. The Morgan fingerprint density at radius 2 is 1.78 bits per heavy atom. The average molecular weight is 172 g/mol. The second-order valence-corrected chi connectivity index (χ2v) is 1.84. The molecule has 2 N–H and O–H groups in total. The van der Waals surface area contributed by atoms with Gasteiger partial charge in [0.1, 0.15) is 0 Å². The van der Waals surface area contributed by atoms with Crippen LogP contribution in [-0.2, 0) is 9.59 Å². The van der Waals surface area contributed by atoms with Crippen molar-refractivity contribution in [2.24, 2.45) is 0 Å². The Morgan fingerprint density at radius 3 is 1.78 bits per heavy atom. The van der Waals surface area contributed by atoms with Crippen molar-refractivity contribution in [3.05, 3.63) is 0 Å². The van der Waals surface area contributed by atoms with E-state index < -0.39 is 10.8 Å². The zero-order valence-electron chi connectivity index (χ0n) is 4.10. The van der Waals surface area contributed by atoms with Crippen LogP contribution in [0.3, 0.4) is 0 Å². The van der Waals surface area contributed by atoms with Gasteiger partial charge in [-0.15, -0.1) is 0 Å². The SMILES string of the molecule is N=C=O.O=C(O)C(Cl)Cl. The van der Waals surface area contributed by atoms with Crippen LogP contribution in [0.2, 0.25) is 0 Å². The average Bonchev–Trinajstić information content (AvgIpc) is 1.68. The van der Waals surface area contributed by atoms with Crippen molar-refractivity contribution in [2.45, 2.75) is 4.84 Å². The number of alkyl halides is 2. The summed E-state index contributed by atoms with van der Waals surface area (Å²) in [6.45, 7) is 0. The maximum absolute atomic E-state index is 9.44. The zero-order valence-corrected chi connectivity index (χ0v) is 5.61. The van der Waals surface area contributed by atoms with Gasteiger partial charge in [0, 0.05) is 0 Å². The third kappa shape index (κ3) is 18.6. The fourth-order valence-corrected chi connectivity index (χ4v) is 0. The summed E-state index contributed by atoms with van der Waals surface area (Å²) in [7, 11) is 0. The molecule has 0 saturated carbocycles. The highest BCUT2D eigenvalue weighted by Crippen LogP contribution is 1.98. The number of carboxylic acids is 1. The molecule has 6 heteroatoms. The molecule has 0 aliphatic rings. The maximum atomic E-state index is 9.44. The van der Waals surface area contributed by atoms with Crippen molar-refractivity contribution >= 4 is 35.3 Å². The van der Waals surface area contributed by atoms with E-state index in [1.807, 2.05) is 0 Å². The van der Waals surface area contributed by atoms with Crippen molar-refractivity contribution in [2.75, 3.05) is 0 Å². The van der Waals surface area contributed by atoms with Crippen LogP contribution < -0.4 is 0 Å². The Labute approximate surface area is 60.9 Å². The Bertz CT molecular complexity index is 118. The molecule has 9 heavy (non-hydrogen) atoms. The first-order valence-electron chi connectivity index (χ1n) is 1.61. The molecule has 0 spiro atoms. The molecule has 0 aromatic carbocycles. The van der Waals surface area contributed by atoms with Gasteiger partial charge in [-0.05, 0) is 0 Å². The predicted octanol–water partition coefficient (Wildman–Crippen LogP) is 0.776. The molecule has 0 fully saturated rings. The molecular weight excluding hydrogens is 169 g/mol. The lowest BCUT2D eigenvalue weighted by molar-refractivity contribution is -0.135. The summed E-state index contributed by atoms with van der Waals surface area (Å²) < 4.78 is 0. The minimum atomic E-state index is -1.29. The number of hydrogen-bond acceptors (Lipinski definition) is 3. The smallest absolute Gasteiger partial charge is 0.337 e. The van der Waals surface area contributed by atoms with E-state index in [9.17, 15) is 4.79 Å². The fraction of sp³-hybridized carbons (Fsp3) is 0.333. The van der Waals surface area contributed by atoms with Crippen molar-refractivity contribution in [3.63, 3.8) is 0 Å². The number of isocyanates is 1. The number of halogens is 2. The Hall–Kier alpha value is -0.570. The van der Waals surface area contributed by atoms with Crippen LogP contribution in [0.1, 0.15) is 0 Å². The molecular formula is C3H3Cl2NO3. The van der Waals surface area contributed by atoms with Crippen LogP contribution in [0, 0.1) is 5.41 Å². The van der Waals surface area contributed by atoms with E-state index in [0.717, 1.165) is 6.08 Å². The quantitative estimate of drug-likeness (QED) is 0.348. The van der Waals surface area contributed by atoms with E-state index in [-0.39, 0.29) is 0 Å². The zero-order chi connectivity index (χ0) is 7.86. The normalized spacial score (nSPS) is 7.00. The van der Waals surface area contributed by atoms with Gasteiger partial charge in [0.2, 0.25) is 10.9 Å². The summed E-state index contributed by atoms with van der Waals surface area (Å²) in [6, 6.07) is 0. The second-order valence-electron chi connectivity index (χ2n) is 0.741. The van der Waals surface area contributed by atoms with Crippen LogP contribution in [0.15, 0.2) is 0 Å². The minimum absolute atomic E-state index is 0.750. The van der Waals surface area contributed by atoms with Crippen LogP contribution in [0.25, 0.3) is 0 Å². The number of rotatable bonds is 1. The Morgan fingerprint density at radius 1 is 1.67 bits per heavy atom. The highest BCUT2D eigenvalue weighted by atomic mass is 35.5. The van der Waals surface area contributed by atoms with Gasteiger partial charge in [-0.1, -0.05) is 23.2 Å². The van der Waals surface area contributed by atoms with Crippen molar-refractivity contribution in [1.82, 2.24) is 0 Å². The summed E-state index contributed by atoms with van der Waals surface area (Å²) in [5.41, 5.74) is 0. The summed E-state index contributed by atoms with van der Waals surface area (Å²) in [5, 5.41) is 13.1. The Kier molecular flexibility index (Phi) is 9.29. The number of aliphatic carboxylic acids is 1. The topological polar surface area (TPSA) is 78.2 Å². The Balaban J connectivity index is 0. The molecule has 4 nitrogen and oxygen atoms in total. The van der Waals surface area contributed by atoms with E-state index in [1.54, 1.807) is 0 Å². The number of carbonyl (C=O) groups excluding carboxylic acids is 1. The first kappa shape index (κ1) is 11.3. The predicted molar refractivity (Wildman–Crippen MR) is 31.5 cm³/mol. The summed E-state index contributed by atoms with van der Waals surface area (Å²) in [6.07, 6.45) is 0.750. The van der Waals surface area contributed by atoms with Crippen molar-refractivity contribution < 1.29 is 14.7 Å². The molecule has 0 aliphatic carbocycles. The molecule has 0 saturated heterocycles. The molecule has 0 bridgehead atoms. The van der Waals surface area contributed by atoms with Crippen LogP contribution in [0.4, 0.5) is 0 Å². The van der Waals surface area contributed by atoms with E-state index >= 15 is 0 Å². The number of nitrogens with one attached hydrogen (secondary N) is 1. The van der Waals surface area contributed by atoms with Gasteiger partial charge >= 0.3 is 5.97 Å². The largest absolute Gasteiger partial charge is 0.479 e. The molecule has 0 unspecified atom stereocenters. The lowest BCUT2D eigenvalue weighted by Crippen LogP contribution is -2.03. The lowest BCUT2D eigenvalue weighted by Gasteiger charge is -1.84. The molecule has 0 rings (SSSR count). The second kappa shape index (κ2) is 7.43. The first-order chi connectivity index (χ1) is 4.06. The highest BCUT2D eigenvalue weighted by molar-refractivity contribution is 6.52. The third-order valence-electron chi connectivity index (χ3n) is 0.187. The summed E-state index contributed by atoms with van der Waals surface area (Å²) in [5.74, 6) is -1.21. The first-order valence-corrected chi connectivity index (χ1v) is 2.48. The van der Waals surface area contributed by atoms with Gasteiger partial charge in [-0.2, -0.15) is 0 Å². The lowest BCUT2D eigenvalue weighted by atomic mass is 10.8. The molecule has 0 aliphatic heterocycles. The molecule has 0 heterocycles. The fourth-order valence-electron chi connectivity index (χ4n) is 0. The minimum Gasteiger partial charge on any atom is -0.479 e. The number of carbonyl (C=O) groups is 1. The molecule has 0 aromatic rings. The van der Waals surface area contributed by atoms with Gasteiger partial charge in [0.15, 0.2) is 0 Å². The highest BCUT2D eigenvalue weighted by Gasteiger charge is 2.05. The van der Waals surface area contributed by atoms with Gasteiger partial charge in [0.05, 0.1) is 0 Å². The van der Waals surface area contributed by atoms with Crippen LogP contribution >= 0.6 is 23.2 Å². The number of carboxylic acid groups (broad SMARTS) is 1. The molecule has 0 aromatic heterocycles. The third-order valence-corrected chi connectivity index (χ3v) is 0.560. The van der Waals surface area contributed by atoms with Gasteiger partial charge in [0.25, 0.3) is 0 Å². The standard InChI is InChI=1S/C2H2Cl2O2.CHNO/c3-1(4)2(5)6;2-1-3/h1H,(H,5,6);2H. The molecule has 0 atom stereocenters. The van der Waals surface area contributed by atoms with E-state index in [2.05, 4.69) is 0 Å². The van der Waals surface area contributed by atoms with Gasteiger partial charge in [-0.3, -0.25) is 0 Å². The van der Waals surface area contributed by atoms with E-state index in [0.29, 0.717) is 0 Å². The molecule has 0 amide bonds. The summed E-state index contributed by atoms with van der Waals surface area (Å²) in [4.78, 5) is 16.5. The number of hydrogen-bond donors (Lipinski definition) is 2. The van der Waals surface area contributed by atoms with E-state index in [4.69, 9.17) is 38.5 Å².